The third-order valence-electron chi connectivity index (χ3n) is 3.62. The quantitative estimate of drug-likeness (QED) is 0.923. The van der Waals surface area contributed by atoms with Crippen LogP contribution >= 0.6 is 15.9 Å². The monoisotopic (exact) mass is 324 g/mol. The van der Waals surface area contributed by atoms with Crippen molar-refractivity contribution in [3.63, 3.8) is 0 Å². The Bertz CT molecular complexity index is 455. The van der Waals surface area contributed by atoms with Crippen molar-refractivity contribution in [2.45, 2.75) is 32.7 Å². The van der Waals surface area contributed by atoms with Crippen molar-refractivity contribution in [3.8, 4) is 0 Å². The number of carbonyl (C=O) groups is 1. The number of nitrogens with zero attached hydrogens (tertiary/aromatic N) is 1. The highest BCUT2D eigenvalue weighted by molar-refractivity contribution is 9.10. The zero-order valence-corrected chi connectivity index (χ0v) is 13.2. The zero-order chi connectivity index (χ0) is 13.8. The fourth-order valence-electron chi connectivity index (χ4n) is 2.51. The van der Waals surface area contributed by atoms with Crippen LogP contribution in [0, 0.1) is 6.92 Å². The predicted octanol–water partition coefficient (Wildman–Crippen LogP) is 2.97. The molecule has 1 heterocycles. The number of amides is 1. The van der Waals surface area contributed by atoms with Crippen LogP contribution in [-0.2, 0) is 0 Å². The summed E-state index contributed by atoms with van der Waals surface area (Å²) in [5.41, 5.74) is 1.88. The van der Waals surface area contributed by atoms with Crippen molar-refractivity contribution < 1.29 is 4.79 Å². The number of carbonyl (C=O) groups excluding carboxylic acids is 1. The molecule has 0 aromatic heterocycles. The SMILES string of the molecule is CCN(CC1CCCN1)C(=O)c1cc(C)ccc1Br. The fourth-order valence-corrected chi connectivity index (χ4v) is 2.92. The summed E-state index contributed by atoms with van der Waals surface area (Å²) in [4.78, 5) is 14.5. The molecule has 0 bridgehead atoms. The average molecular weight is 325 g/mol. The lowest BCUT2D eigenvalue weighted by molar-refractivity contribution is 0.0750. The van der Waals surface area contributed by atoms with Gasteiger partial charge < -0.3 is 10.2 Å². The lowest BCUT2D eigenvalue weighted by Crippen LogP contribution is -2.41. The van der Waals surface area contributed by atoms with E-state index in [4.69, 9.17) is 0 Å². The highest BCUT2D eigenvalue weighted by Gasteiger charge is 2.22. The van der Waals surface area contributed by atoms with Gasteiger partial charge in [-0.25, -0.2) is 0 Å². The Kier molecular flexibility index (Phi) is 4.99. The second-order valence-electron chi connectivity index (χ2n) is 5.12. The van der Waals surface area contributed by atoms with E-state index < -0.39 is 0 Å². The van der Waals surface area contributed by atoms with Gasteiger partial charge in [-0.15, -0.1) is 0 Å². The first-order valence-electron chi connectivity index (χ1n) is 6.90. The summed E-state index contributed by atoms with van der Waals surface area (Å²) in [5.74, 6) is 0.117. The first-order valence-corrected chi connectivity index (χ1v) is 7.70. The van der Waals surface area contributed by atoms with Crippen molar-refractivity contribution >= 4 is 21.8 Å². The Balaban J connectivity index is 2.12. The zero-order valence-electron chi connectivity index (χ0n) is 11.6. The van der Waals surface area contributed by atoms with Crippen molar-refractivity contribution in [1.82, 2.24) is 10.2 Å². The molecule has 104 valence electrons. The molecular weight excluding hydrogens is 304 g/mol. The first kappa shape index (κ1) is 14.5. The Morgan fingerprint density at radius 3 is 2.95 bits per heavy atom. The molecule has 1 saturated heterocycles. The van der Waals surface area contributed by atoms with Gasteiger partial charge in [0, 0.05) is 23.6 Å². The summed E-state index contributed by atoms with van der Waals surface area (Å²) in [5, 5.41) is 3.45. The van der Waals surface area contributed by atoms with Crippen LogP contribution in [0.3, 0.4) is 0 Å². The van der Waals surface area contributed by atoms with E-state index >= 15 is 0 Å². The first-order chi connectivity index (χ1) is 9.11. The third kappa shape index (κ3) is 3.57. The molecule has 1 aliphatic heterocycles. The van der Waals surface area contributed by atoms with E-state index in [1.165, 1.54) is 12.8 Å². The molecule has 1 N–H and O–H groups in total. The van der Waals surface area contributed by atoms with Crippen LogP contribution in [0.1, 0.15) is 35.7 Å². The molecule has 1 atom stereocenters. The minimum Gasteiger partial charge on any atom is -0.337 e. The molecule has 1 fully saturated rings. The Morgan fingerprint density at radius 1 is 1.53 bits per heavy atom. The number of hydrogen-bond donors (Lipinski definition) is 1. The normalized spacial score (nSPS) is 18.6. The van der Waals surface area contributed by atoms with Crippen molar-refractivity contribution in [3.05, 3.63) is 33.8 Å². The Labute approximate surface area is 123 Å². The largest absolute Gasteiger partial charge is 0.337 e. The molecule has 1 aromatic rings. The van der Waals surface area contributed by atoms with E-state index in [1.54, 1.807) is 0 Å². The molecule has 0 radical (unpaired) electrons. The molecule has 1 aromatic carbocycles. The molecule has 4 heteroatoms. The van der Waals surface area contributed by atoms with Gasteiger partial charge in [-0.05, 0) is 61.3 Å². The van der Waals surface area contributed by atoms with E-state index in [0.717, 1.165) is 35.2 Å². The van der Waals surface area contributed by atoms with Crippen LogP contribution in [0.25, 0.3) is 0 Å². The lowest BCUT2D eigenvalue weighted by atomic mass is 10.1. The molecular formula is C15H21BrN2O. The Morgan fingerprint density at radius 2 is 2.32 bits per heavy atom. The number of benzene rings is 1. The highest BCUT2D eigenvalue weighted by atomic mass is 79.9. The van der Waals surface area contributed by atoms with Gasteiger partial charge in [0.1, 0.15) is 0 Å². The number of halogens is 1. The summed E-state index contributed by atoms with van der Waals surface area (Å²) >= 11 is 3.48. The van der Waals surface area contributed by atoms with E-state index in [-0.39, 0.29) is 5.91 Å². The highest BCUT2D eigenvalue weighted by Crippen LogP contribution is 2.20. The number of hydrogen-bond acceptors (Lipinski definition) is 2. The summed E-state index contributed by atoms with van der Waals surface area (Å²) < 4.78 is 0.876. The molecule has 2 rings (SSSR count). The number of likely N-dealkylation sites (N-methyl/N-ethyl adjacent to an activating group) is 1. The number of rotatable bonds is 4. The number of nitrogens with one attached hydrogen (secondary N) is 1. The standard InChI is InChI=1S/C15H21BrN2O/c1-3-18(10-12-5-4-8-17-12)15(19)13-9-11(2)6-7-14(13)16/h6-7,9,12,17H,3-5,8,10H2,1-2H3. The van der Waals surface area contributed by atoms with Crippen LogP contribution in [0.15, 0.2) is 22.7 Å². The fraction of sp³-hybridized carbons (Fsp3) is 0.533. The third-order valence-corrected chi connectivity index (χ3v) is 4.32. The minimum absolute atomic E-state index is 0.117. The predicted molar refractivity (Wildman–Crippen MR) is 81.5 cm³/mol. The van der Waals surface area contributed by atoms with Crippen molar-refractivity contribution in [1.29, 1.82) is 0 Å². The van der Waals surface area contributed by atoms with E-state index in [1.807, 2.05) is 36.9 Å². The smallest absolute Gasteiger partial charge is 0.255 e. The van der Waals surface area contributed by atoms with Crippen LogP contribution < -0.4 is 5.32 Å². The minimum atomic E-state index is 0.117. The molecule has 1 amide bonds. The molecule has 1 unspecified atom stereocenters. The summed E-state index contributed by atoms with van der Waals surface area (Å²) in [6.07, 6.45) is 2.38. The molecule has 0 aliphatic carbocycles. The Hall–Kier alpha value is -0.870. The van der Waals surface area contributed by atoms with Crippen LogP contribution in [0.5, 0.6) is 0 Å². The van der Waals surface area contributed by atoms with Gasteiger partial charge in [0.25, 0.3) is 5.91 Å². The second-order valence-corrected chi connectivity index (χ2v) is 5.97. The average Bonchev–Trinajstić information content (AvgIpc) is 2.91. The summed E-state index contributed by atoms with van der Waals surface area (Å²) in [7, 11) is 0. The maximum absolute atomic E-state index is 12.6. The van der Waals surface area contributed by atoms with E-state index in [9.17, 15) is 4.79 Å². The van der Waals surface area contributed by atoms with Gasteiger partial charge >= 0.3 is 0 Å². The second kappa shape index (κ2) is 6.53. The number of aryl methyl sites for hydroxylation is 1. The van der Waals surface area contributed by atoms with Crippen molar-refractivity contribution in [2.75, 3.05) is 19.6 Å². The summed E-state index contributed by atoms with van der Waals surface area (Å²) in [6, 6.07) is 6.37. The lowest BCUT2D eigenvalue weighted by Gasteiger charge is -2.25. The maximum atomic E-state index is 12.6. The van der Waals surface area contributed by atoms with Gasteiger partial charge in [0.2, 0.25) is 0 Å². The van der Waals surface area contributed by atoms with Crippen LogP contribution in [0.4, 0.5) is 0 Å². The van der Waals surface area contributed by atoms with Gasteiger partial charge in [0.15, 0.2) is 0 Å². The maximum Gasteiger partial charge on any atom is 0.255 e. The molecule has 0 spiro atoms. The van der Waals surface area contributed by atoms with Gasteiger partial charge in [-0.3, -0.25) is 4.79 Å². The van der Waals surface area contributed by atoms with Gasteiger partial charge in [0.05, 0.1) is 5.56 Å². The molecule has 0 saturated carbocycles. The van der Waals surface area contributed by atoms with E-state index in [2.05, 4.69) is 21.2 Å². The van der Waals surface area contributed by atoms with Crippen molar-refractivity contribution in [2.24, 2.45) is 0 Å². The van der Waals surface area contributed by atoms with E-state index in [0.29, 0.717) is 6.04 Å². The van der Waals surface area contributed by atoms with Crippen LogP contribution in [-0.4, -0.2) is 36.5 Å². The van der Waals surface area contributed by atoms with Gasteiger partial charge in [-0.1, -0.05) is 11.6 Å². The molecule has 1 aliphatic rings. The van der Waals surface area contributed by atoms with Gasteiger partial charge in [-0.2, -0.15) is 0 Å². The molecule has 3 nitrogen and oxygen atoms in total. The topological polar surface area (TPSA) is 32.3 Å². The summed E-state index contributed by atoms with van der Waals surface area (Å²) in [6.45, 7) is 6.67. The van der Waals surface area contributed by atoms with Crippen LogP contribution in [0.2, 0.25) is 0 Å². The molecule has 19 heavy (non-hydrogen) atoms.